The van der Waals surface area contributed by atoms with E-state index in [0.29, 0.717) is 10.7 Å². The van der Waals surface area contributed by atoms with Crippen molar-refractivity contribution in [3.05, 3.63) is 44.9 Å². The number of halogens is 2. The van der Waals surface area contributed by atoms with E-state index in [2.05, 4.69) is 37.9 Å². The Bertz CT molecular complexity index is 588. The minimum Gasteiger partial charge on any atom is -0.382 e. The van der Waals surface area contributed by atoms with Gasteiger partial charge in [0.05, 0.1) is 18.1 Å². The van der Waals surface area contributed by atoms with Crippen LogP contribution in [0.4, 0.5) is 11.5 Å². The quantitative estimate of drug-likeness (QED) is 0.792. The summed E-state index contributed by atoms with van der Waals surface area (Å²) in [5, 5.41) is 3.34. The number of anilines is 2. The summed E-state index contributed by atoms with van der Waals surface area (Å²) >= 11 is 7.92. The zero-order chi connectivity index (χ0) is 13.1. The van der Waals surface area contributed by atoms with Gasteiger partial charge in [0, 0.05) is 8.59 Å². The summed E-state index contributed by atoms with van der Waals surface area (Å²) in [5.41, 5.74) is 6.27. The predicted octanol–water partition coefficient (Wildman–Crippen LogP) is 2.57. The molecule has 0 bridgehead atoms. The molecule has 1 amide bonds. The van der Waals surface area contributed by atoms with Gasteiger partial charge in [0.1, 0.15) is 11.5 Å². The highest BCUT2D eigenvalue weighted by atomic mass is 127. The number of nitrogens with zero attached hydrogens (tertiary/aromatic N) is 2. The second-order valence-corrected chi connectivity index (χ2v) is 5.00. The van der Waals surface area contributed by atoms with Crippen molar-refractivity contribution in [2.24, 2.45) is 0 Å². The zero-order valence-corrected chi connectivity index (χ0v) is 11.9. The predicted molar refractivity (Wildman–Crippen MR) is 78.6 cm³/mol. The van der Waals surface area contributed by atoms with Crippen LogP contribution in [-0.4, -0.2) is 15.9 Å². The lowest BCUT2D eigenvalue weighted by Crippen LogP contribution is -2.15. The van der Waals surface area contributed by atoms with E-state index in [0.717, 1.165) is 3.57 Å². The Morgan fingerprint density at radius 2 is 2.11 bits per heavy atom. The summed E-state index contributed by atoms with van der Waals surface area (Å²) in [5.74, 6) is -0.0737. The van der Waals surface area contributed by atoms with Gasteiger partial charge in [-0.2, -0.15) is 0 Å². The number of benzene rings is 1. The highest BCUT2D eigenvalue weighted by Gasteiger charge is 2.10. The first-order valence-electron chi connectivity index (χ1n) is 4.90. The summed E-state index contributed by atoms with van der Waals surface area (Å²) in [7, 11) is 0. The molecule has 0 unspecified atom stereocenters. The second kappa shape index (κ2) is 5.49. The second-order valence-electron chi connectivity index (χ2n) is 3.40. The SMILES string of the molecule is Nc1cnc(C(=O)Nc2ccc(Cl)cc2I)cn1. The molecule has 1 aromatic heterocycles. The summed E-state index contributed by atoms with van der Waals surface area (Å²) in [6, 6.07) is 5.19. The van der Waals surface area contributed by atoms with Gasteiger partial charge < -0.3 is 11.1 Å². The zero-order valence-electron chi connectivity index (χ0n) is 9.02. The van der Waals surface area contributed by atoms with Crippen molar-refractivity contribution in [2.75, 3.05) is 11.1 Å². The van der Waals surface area contributed by atoms with Crippen molar-refractivity contribution < 1.29 is 4.79 Å². The number of amides is 1. The molecule has 0 saturated carbocycles. The van der Waals surface area contributed by atoms with E-state index in [9.17, 15) is 4.79 Å². The topological polar surface area (TPSA) is 80.9 Å². The van der Waals surface area contributed by atoms with Gasteiger partial charge >= 0.3 is 0 Å². The van der Waals surface area contributed by atoms with Crippen LogP contribution in [0.25, 0.3) is 0 Å². The molecule has 5 nitrogen and oxygen atoms in total. The average molecular weight is 375 g/mol. The van der Waals surface area contributed by atoms with Gasteiger partial charge in [-0.1, -0.05) is 11.6 Å². The molecule has 0 aliphatic carbocycles. The average Bonchev–Trinajstić information content (AvgIpc) is 2.33. The van der Waals surface area contributed by atoms with Gasteiger partial charge in [-0.25, -0.2) is 9.97 Å². The van der Waals surface area contributed by atoms with Gasteiger partial charge in [-0.3, -0.25) is 4.79 Å². The van der Waals surface area contributed by atoms with Crippen molar-refractivity contribution in [3.63, 3.8) is 0 Å². The van der Waals surface area contributed by atoms with Crippen LogP contribution in [0.15, 0.2) is 30.6 Å². The smallest absolute Gasteiger partial charge is 0.275 e. The highest BCUT2D eigenvalue weighted by molar-refractivity contribution is 14.1. The van der Waals surface area contributed by atoms with E-state index >= 15 is 0 Å². The number of carbonyl (C=O) groups is 1. The van der Waals surface area contributed by atoms with Crippen LogP contribution in [0.5, 0.6) is 0 Å². The maximum atomic E-state index is 11.9. The fourth-order valence-corrected chi connectivity index (χ4v) is 2.24. The van der Waals surface area contributed by atoms with E-state index < -0.39 is 0 Å². The van der Waals surface area contributed by atoms with Gasteiger partial charge in [0.25, 0.3) is 5.91 Å². The molecule has 0 aliphatic rings. The molecule has 0 spiro atoms. The van der Waals surface area contributed by atoms with Crippen LogP contribution in [0, 0.1) is 3.57 Å². The Labute approximate surface area is 122 Å². The van der Waals surface area contributed by atoms with Crippen LogP contribution < -0.4 is 11.1 Å². The molecule has 0 saturated heterocycles. The third kappa shape index (κ3) is 3.08. The Hall–Kier alpha value is -1.41. The first-order valence-corrected chi connectivity index (χ1v) is 6.36. The number of carbonyl (C=O) groups excluding carboxylic acids is 1. The normalized spacial score (nSPS) is 10.1. The lowest BCUT2D eigenvalue weighted by Gasteiger charge is -2.07. The molecule has 92 valence electrons. The van der Waals surface area contributed by atoms with Gasteiger partial charge in [-0.05, 0) is 40.8 Å². The molecule has 3 N–H and O–H groups in total. The molecular weight excluding hydrogens is 367 g/mol. The van der Waals surface area contributed by atoms with Crippen molar-refractivity contribution in [1.82, 2.24) is 9.97 Å². The number of nitrogens with one attached hydrogen (secondary N) is 1. The lowest BCUT2D eigenvalue weighted by molar-refractivity contribution is 0.102. The van der Waals surface area contributed by atoms with E-state index in [4.69, 9.17) is 17.3 Å². The van der Waals surface area contributed by atoms with Crippen LogP contribution in [-0.2, 0) is 0 Å². The molecule has 0 radical (unpaired) electrons. The van der Waals surface area contributed by atoms with E-state index in [1.807, 2.05) is 0 Å². The number of hydrogen-bond donors (Lipinski definition) is 2. The lowest BCUT2D eigenvalue weighted by atomic mass is 10.3. The maximum Gasteiger partial charge on any atom is 0.275 e. The molecule has 0 atom stereocenters. The van der Waals surface area contributed by atoms with Crippen molar-refractivity contribution in [1.29, 1.82) is 0 Å². The summed E-state index contributed by atoms with van der Waals surface area (Å²) < 4.78 is 0.844. The fraction of sp³-hybridized carbons (Fsp3) is 0. The van der Waals surface area contributed by atoms with Crippen LogP contribution >= 0.6 is 34.2 Å². The monoisotopic (exact) mass is 374 g/mol. The molecule has 18 heavy (non-hydrogen) atoms. The van der Waals surface area contributed by atoms with Crippen molar-refractivity contribution in [3.8, 4) is 0 Å². The molecule has 1 heterocycles. The highest BCUT2D eigenvalue weighted by Crippen LogP contribution is 2.22. The van der Waals surface area contributed by atoms with E-state index in [-0.39, 0.29) is 17.4 Å². The minimum absolute atomic E-state index is 0.204. The fourth-order valence-electron chi connectivity index (χ4n) is 1.23. The van der Waals surface area contributed by atoms with Crippen LogP contribution in [0.1, 0.15) is 10.5 Å². The summed E-state index contributed by atoms with van der Waals surface area (Å²) in [4.78, 5) is 19.6. The number of nitrogen functional groups attached to an aromatic ring is 1. The van der Waals surface area contributed by atoms with Crippen molar-refractivity contribution in [2.45, 2.75) is 0 Å². The van der Waals surface area contributed by atoms with Gasteiger partial charge in [0.15, 0.2) is 0 Å². The van der Waals surface area contributed by atoms with E-state index in [1.165, 1.54) is 12.4 Å². The third-order valence-electron chi connectivity index (χ3n) is 2.08. The Kier molecular flexibility index (Phi) is 3.97. The Morgan fingerprint density at radius 3 is 2.72 bits per heavy atom. The standard InChI is InChI=1S/C11H8ClIN4O/c12-6-1-2-8(7(13)3-6)17-11(18)9-4-16-10(14)5-15-9/h1-5H,(H2,14,16)(H,17,18). The number of aromatic nitrogens is 2. The third-order valence-corrected chi connectivity index (χ3v) is 3.21. The molecule has 2 aromatic rings. The molecule has 2 rings (SSSR count). The summed E-state index contributed by atoms with van der Waals surface area (Å²) in [6.45, 7) is 0. The van der Waals surface area contributed by atoms with Crippen molar-refractivity contribution >= 4 is 51.6 Å². The van der Waals surface area contributed by atoms with Gasteiger partial charge in [-0.15, -0.1) is 0 Å². The first-order chi connectivity index (χ1) is 8.56. The Morgan fingerprint density at radius 1 is 1.33 bits per heavy atom. The minimum atomic E-state index is -0.345. The molecular formula is C11H8ClIN4O. The number of nitrogens with two attached hydrogens (primary N) is 1. The molecule has 0 aliphatic heterocycles. The molecule has 1 aromatic carbocycles. The summed E-state index contributed by atoms with van der Waals surface area (Å²) in [6.07, 6.45) is 2.66. The van der Waals surface area contributed by atoms with E-state index in [1.54, 1.807) is 18.2 Å². The maximum absolute atomic E-state index is 11.9. The van der Waals surface area contributed by atoms with Gasteiger partial charge in [0.2, 0.25) is 0 Å². The first kappa shape index (κ1) is 13.0. The van der Waals surface area contributed by atoms with Crippen LogP contribution in [0.3, 0.4) is 0 Å². The number of hydrogen-bond acceptors (Lipinski definition) is 4. The molecule has 7 heteroatoms. The largest absolute Gasteiger partial charge is 0.382 e. The van der Waals surface area contributed by atoms with Crippen LogP contribution in [0.2, 0.25) is 5.02 Å². The molecule has 0 fully saturated rings. The number of rotatable bonds is 2. The Balaban J connectivity index is 2.18.